The van der Waals surface area contributed by atoms with Crippen LogP contribution < -0.4 is 11.1 Å². The number of hydrogen-bond donors (Lipinski definition) is 3. The number of carbonyl (C=O) groups is 2. The topological polar surface area (TPSA) is 170 Å². The van der Waals surface area contributed by atoms with E-state index in [1.54, 1.807) is 49.3 Å². The smallest absolute Gasteiger partial charge is 0.252 e. The minimum Gasteiger partial charge on any atom is -0.378 e. The Balaban J connectivity index is 1.30. The van der Waals surface area contributed by atoms with Crippen LogP contribution in [-0.2, 0) is 28.9 Å². The molecule has 2 aromatic carbocycles. The highest BCUT2D eigenvalue weighted by Crippen LogP contribution is 2.19. The third kappa shape index (κ3) is 11.1. The van der Waals surface area contributed by atoms with Gasteiger partial charge in [-0.25, -0.2) is 0 Å². The normalized spacial score (nSPS) is 11.3. The maximum absolute atomic E-state index is 12.3. The first kappa shape index (κ1) is 30.7. The molecule has 40 heavy (non-hydrogen) atoms. The number of amides is 2. The molecule has 0 fully saturated rings. The molecule has 2 amide bonds. The number of aliphatic imine (C=N–C) groups is 2. The van der Waals surface area contributed by atoms with Crippen LogP contribution in [0.25, 0.3) is 0 Å². The summed E-state index contributed by atoms with van der Waals surface area (Å²) in [5.74, 6) is 0.953. The second-order valence-corrected chi connectivity index (χ2v) is 11.7. The molecule has 0 aliphatic rings. The molecule has 1 aromatic heterocycles. The number of amidine groups is 1. The second-order valence-electron chi connectivity index (χ2n) is 8.32. The fraction of sp³-hybridized carbons (Fsp3) is 0.259. The minimum atomic E-state index is -0.356. The van der Waals surface area contributed by atoms with Crippen LogP contribution in [0.3, 0.4) is 0 Å². The molecule has 0 atom stereocenters. The third-order valence-electron chi connectivity index (χ3n) is 5.17. The number of aromatic nitrogens is 2. The van der Waals surface area contributed by atoms with Gasteiger partial charge >= 0.3 is 0 Å². The lowest BCUT2D eigenvalue weighted by Crippen LogP contribution is -2.14. The standard InChI is InChI=1S/C27H28N8O2S3/c1-31-17-21-8-4-19(5-9-21)14-23(36)32-26(30)39-22(29)10-12-38-13-11-25-34-35-27(40-25)33-24(37)15-18-2-6-20(16-28)7-3-18/h2-9,17,29H,10-15H2,1H3,(H2,30,32,36)(H,33,35,37). The molecule has 3 rings (SSSR count). The van der Waals surface area contributed by atoms with Crippen molar-refractivity contribution in [1.29, 1.82) is 10.7 Å². The fourth-order valence-corrected chi connectivity index (χ4v) is 5.79. The molecular formula is C27H28N8O2S3. The van der Waals surface area contributed by atoms with E-state index < -0.39 is 0 Å². The molecule has 1 heterocycles. The van der Waals surface area contributed by atoms with Gasteiger partial charge in [-0.05, 0) is 52.1 Å². The number of rotatable bonds is 12. The SMILES string of the molecule is CN=Cc1ccc(CC(=O)N=C(N)SC(=N)CCSCCc2nnc(NC(=O)Cc3ccc(C#N)cc3)s2)cc1. The van der Waals surface area contributed by atoms with Gasteiger partial charge in [0.05, 0.1) is 29.5 Å². The van der Waals surface area contributed by atoms with E-state index in [4.69, 9.17) is 16.4 Å². The van der Waals surface area contributed by atoms with E-state index in [0.29, 0.717) is 34.3 Å². The molecule has 3 aromatic rings. The van der Waals surface area contributed by atoms with Crippen LogP contribution in [0.1, 0.15) is 33.7 Å². The molecule has 0 radical (unpaired) electrons. The van der Waals surface area contributed by atoms with Crippen LogP contribution in [-0.4, -0.2) is 57.0 Å². The van der Waals surface area contributed by atoms with Crippen molar-refractivity contribution in [3.05, 3.63) is 75.8 Å². The summed E-state index contributed by atoms with van der Waals surface area (Å²) in [5.41, 5.74) is 9.01. The molecule has 0 aliphatic heterocycles. The van der Waals surface area contributed by atoms with E-state index in [-0.39, 0.29) is 29.8 Å². The average molecular weight is 593 g/mol. The van der Waals surface area contributed by atoms with Gasteiger partial charge in [0.15, 0.2) is 5.17 Å². The van der Waals surface area contributed by atoms with Crippen molar-refractivity contribution >= 4 is 68.2 Å². The Morgan fingerprint density at radius 3 is 2.50 bits per heavy atom. The zero-order valence-electron chi connectivity index (χ0n) is 21.8. The molecule has 0 saturated heterocycles. The average Bonchev–Trinajstić information content (AvgIpc) is 3.36. The summed E-state index contributed by atoms with van der Waals surface area (Å²) in [7, 11) is 1.70. The first-order valence-corrected chi connectivity index (χ1v) is 15.0. The predicted molar refractivity (Wildman–Crippen MR) is 165 cm³/mol. The Kier molecular flexibility index (Phi) is 12.5. The van der Waals surface area contributed by atoms with Crippen molar-refractivity contribution in [2.24, 2.45) is 15.7 Å². The number of thioether (sulfide) groups is 2. The number of aryl methyl sites for hydroxylation is 1. The van der Waals surface area contributed by atoms with Crippen molar-refractivity contribution in [3.63, 3.8) is 0 Å². The Bertz CT molecular complexity index is 1410. The minimum absolute atomic E-state index is 0.0670. The number of nitrogens with zero attached hydrogens (tertiary/aromatic N) is 5. The number of nitrogens with one attached hydrogen (secondary N) is 2. The lowest BCUT2D eigenvalue weighted by molar-refractivity contribution is -0.117. The maximum atomic E-state index is 12.3. The number of benzene rings is 2. The fourth-order valence-electron chi connectivity index (χ4n) is 3.29. The highest BCUT2D eigenvalue weighted by atomic mass is 32.2. The first-order valence-electron chi connectivity index (χ1n) is 12.2. The molecule has 0 saturated carbocycles. The van der Waals surface area contributed by atoms with Crippen LogP contribution in [0, 0.1) is 16.7 Å². The van der Waals surface area contributed by atoms with Crippen LogP contribution in [0.5, 0.6) is 0 Å². The molecule has 0 aliphatic carbocycles. The van der Waals surface area contributed by atoms with Gasteiger partial charge in [-0.2, -0.15) is 22.0 Å². The number of carbonyl (C=O) groups excluding carboxylic acids is 2. The van der Waals surface area contributed by atoms with Gasteiger partial charge < -0.3 is 11.1 Å². The summed E-state index contributed by atoms with van der Waals surface area (Å²) in [4.78, 5) is 32.3. The van der Waals surface area contributed by atoms with Crippen molar-refractivity contribution in [2.45, 2.75) is 25.7 Å². The summed E-state index contributed by atoms with van der Waals surface area (Å²) in [6.07, 6.45) is 3.26. The summed E-state index contributed by atoms with van der Waals surface area (Å²) in [6.45, 7) is 0. The lowest BCUT2D eigenvalue weighted by atomic mass is 10.1. The van der Waals surface area contributed by atoms with Gasteiger partial charge in [0.25, 0.3) is 5.91 Å². The molecule has 4 N–H and O–H groups in total. The van der Waals surface area contributed by atoms with Crippen molar-refractivity contribution in [1.82, 2.24) is 10.2 Å². The summed E-state index contributed by atoms with van der Waals surface area (Å²) in [5, 5.41) is 29.6. The van der Waals surface area contributed by atoms with Crippen LogP contribution in [0.15, 0.2) is 58.5 Å². The van der Waals surface area contributed by atoms with Gasteiger partial charge in [0.2, 0.25) is 11.0 Å². The van der Waals surface area contributed by atoms with E-state index in [0.717, 1.165) is 39.2 Å². The van der Waals surface area contributed by atoms with Crippen LogP contribution in [0.4, 0.5) is 5.13 Å². The second kappa shape index (κ2) is 16.3. The number of nitrogens with two attached hydrogens (primary N) is 1. The summed E-state index contributed by atoms with van der Waals surface area (Å²) >= 11 is 4.00. The van der Waals surface area contributed by atoms with Gasteiger partial charge in [-0.3, -0.25) is 20.0 Å². The highest BCUT2D eigenvalue weighted by Gasteiger charge is 2.10. The molecule has 0 bridgehead atoms. The van der Waals surface area contributed by atoms with E-state index in [2.05, 4.69) is 31.6 Å². The number of hydrogen-bond acceptors (Lipinski definition) is 10. The highest BCUT2D eigenvalue weighted by molar-refractivity contribution is 8.26. The largest absolute Gasteiger partial charge is 0.378 e. The Labute approximate surface area is 245 Å². The maximum Gasteiger partial charge on any atom is 0.252 e. The van der Waals surface area contributed by atoms with Crippen LogP contribution >= 0.6 is 34.9 Å². The Morgan fingerprint density at radius 2 is 1.80 bits per heavy atom. The Morgan fingerprint density at radius 1 is 1.10 bits per heavy atom. The van der Waals surface area contributed by atoms with Gasteiger partial charge in [-0.15, -0.1) is 10.2 Å². The van der Waals surface area contributed by atoms with E-state index >= 15 is 0 Å². The molecule has 206 valence electrons. The third-order valence-corrected chi connectivity index (χ3v) is 7.81. The van der Waals surface area contributed by atoms with Gasteiger partial charge in [0, 0.05) is 26.1 Å². The molecule has 10 nitrogen and oxygen atoms in total. The molecule has 13 heteroatoms. The van der Waals surface area contributed by atoms with Crippen molar-refractivity contribution in [3.8, 4) is 6.07 Å². The predicted octanol–water partition coefficient (Wildman–Crippen LogP) is 4.10. The zero-order chi connectivity index (χ0) is 28.7. The quantitative estimate of drug-likeness (QED) is 0.160. The van der Waals surface area contributed by atoms with Gasteiger partial charge in [-0.1, -0.05) is 47.7 Å². The van der Waals surface area contributed by atoms with Crippen molar-refractivity contribution in [2.75, 3.05) is 23.9 Å². The lowest BCUT2D eigenvalue weighted by Gasteiger charge is -2.04. The number of nitriles is 1. The van der Waals surface area contributed by atoms with Crippen molar-refractivity contribution < 1.29 is 9.59 Å². The Hall–Kier alpha value is -3.86. The number of anilines is 1. The molecular weight excluding hydrogens is 565 g/mol. The summed E-state index contributed by atoms with van der Waals surface area (Å²) in [6, 6.07) is 16.4. The first-order chi connectivity index (χ1) is 19.3. The van der Waals surface area contributed by atoms with E-state index in [9.17, 15) is 9.59 Å². The zero-order valence-corrected chi connectivity index (χ0v) is 24.2. The monoisotopic (exact) mass is 592 g/mol. The molecule has 0 spiro atoms. The summed E-state index contributed by atoms with van der Waals surface area (Å²) < 4.78 is 0. The van der Waals surface area contributed by atoms with Gasteiger partial charge in [0.1, 0.15) is 5.01 Å². The molecule has 0 unspecified atom stereocenters. The van der Waals surface area contributed by atoms with E-state index in [1.807, 2.05) is 24.3 Å². The van der Waals surface area contributed by atoms with Crippen LogP contribution in [0.2, 0.25) is 0 Å². The van der Waals surface area contributed by atoms with E-state index in [1.165, 1.54) is 11.3 Å².